The monoisotopic (exact) mass is 169 g/mol. The van der Waals surface area contributed by atoms with E-state index >= 15 is 0 Å². The summed E-state index contributed by atoms with van der Waals surface area (Å²) in [6, 6.07) is 0. The zero-order chi connectivity index (χ0) is 9.14. The summed E-state index contributed by atoms with van der Waals surface area (Å²) in [5.74, 6) is 1.36. The van der Waals surface area contributed by atoms with E-state index in [1.165, 1.54) is 0 Å². The molecule has 0 bridgehead atoms. The molecule has 0 aromatic rings. The first-order chi connectivity index (χ1) is 5.59. The molecular weight excluding hydrogens is 149 g/mol. The van der Waals surface area contributed by atoms with Crippen LogP contribution in [-0.2, 0) is 4.65 Å². The molecular formula is C9H20BNO. The van der Waals surface area contributed by atoms with Crippen LogP contribution in [-0.4, -0.2) is 19.7 Å². The molecule has 0 aromatic carbocycles. The average Bonchev–Trinajstić information content (AvgIpc) is 1.96. The Balaban J connectivity index is 2.30. The lowest BCUT2D eigenvalue weighted by Gasteiger charge is -2.32. The molecule has 1 fully saturated rings. The zero-order valence-electron chi connectivity index (χ0n) is 8.63. The Morgan fingerprint density at radius 1 is 1.50 bits per heavy atom. The van der Waals surface area contributed by atoms with Crippen LogP contribution in [0.15, 0.2) is 0 Å². The first-order valence-electron chi connectivity index (χ1n) is 4.98. The Bertz CT molecular complexity index is 140. The second kappa shape index (κ2) is 4.29. The lowest BCUT2D eigenvalue weighted by molar-refractivity contribution is 0.130. The van der Waals surface area contributed by atoms with Crippen LogP contribution in [0, 0.1) is 11.8 Å². The molecule has 0 saturated carbocycles. The minimum atomic E-state index is 0.288. The van der Waals surface area contributed by atoms with E-state index in [1.54, 1.807) is 0 Å². The molecule has 3 heteroatoms. The second-order valence-electron chi connectivity index (χ2n) is 4.34. The van der Waals surface area contributed by atoms with E-state index in [2.05, 4.69) is 32.9 Å². The molecule has 2 atom stereocenters. The van der Waals surface area contributed by atoms with Gasteiger partial charge in [-0.15, -0.1) is 0 Å². The molecule has 1 aliphatic heterocycles. The third-order valence-electron chi connectivity index (χ3n) is 2.53. The van der Waals surface area contributed by atoms with Gasteiger partial charge in [-0.3, -0.25) is 0 Å². The van der Waals surface area contributed by atoms with E-state index in [0.717, 1.165) is 12.9 Å². The molecule has 0 spiro atoms. The Morgan fingerprint density at radius 2 is 2.17 bits per heavy atom. The van der Waals surface area contributed by atoms with Crippen molar-refractivity contribution in [1.82, 2.24) is 5.23 Å². The molecule has 1 N–H and O–H groups in total. The summed E-state index contributed by atoms with van der Waals surface area (Å²) in [5.41, 5.74) is 0. The Morgan fingerprint density at radius 3 is 2.67 bits per heavy atom. The van der Waals surface area contributed by atoms with Gasteiger partial charge in [0.05, 0.1) is 0 Å². The molecule has 0 aromatic heterocycles. The summed E-state index contributed by atoms with van der Waals surface area (Å²) >= 11 is 0. The van der Waals surface area contributed by atoms with Gasteiger partial charge < -0.3 is 9.88 Å². The van der Waals surface area contributed by atoms with Crippen LogP contribution in [0.1, 0.15) is 27.7 Å². The van der Waals surface area contributed by atoms with Crippen molar-refractivity contribution in [2.75, 3.05) is 6.54 Å². The van der Waals surface area contributed by atoms with Crippen LogP contribution < -0.4 is 5.23 Å². The lowest BCUT2D eigenvalue weighted by Crippen LogP contribution is -2.50. The minimum Gasteiger partial charge on any atom is -0.419 e. The van der Waals surface area contributed by atoms with Crippen LogP contribution in [0.5, 0.6) is 0 Å². The summed E-state index contributed by atoms with van der Waals surface area (Å²) in [4.78, 5) is 0. The van der Waals surface area contributed by atoms with Crippen molar-refractivity contribution in [3.63, 3.8) is 0 Å². The summed E-state index contributed by atoms with van der Waals surface area (Å²) < 4.78 is 5.80. The number of nitrogens with one attached hydrogen (secondary N) is 1. The van der Waals surface area contributed by atoms with E-state index in [0.29, 0.717) is 17.9 Å². The number of rotatable bonds is 2. The van der Waals surface area contributed by atoms with Crippen LogP contribution in [0.2, 0.25) is 6.32 Å². The highest BCUT2D eigenvalue weighted by molar-refractivity contribution is 6.49. The zero-order valence-corrected chi connectivity index (χ0v) is 8.63. The van der Waals surface area contributed by atoms with Gasteiger partial charge in [0.15, 0.2) is 0 Å². The summed E-state index contributed by atoms with van der Waals surface area (Å²) in [7, 11) is 0.288. The van der Waals surface area contributed by atoms with Gasteiger partial charge >= 0.3 is 7.05 Å². The van der Waals surface area contributed by atoms with Crippen molar-refractivity contribution in [3.05, 3.63) is 0 Å². The summed E-state index contributed by atoms with van der Waals surface area (Å²) in [6.07, 6.45) is 1.53. The Kier molecular flexibility index (Phi) is 3.60. The highest BCUT2D eigenvalue weighted by Gasteiger charge is 2.28. The third-order valence-corrected chi connectivity index (χ3v) is 2.53. The molecule has 70 valence electrons. The van der Waals surface area contributed by atoms with Crippen molar-refractivity contribution in [1.29, 1.82) is 0 Å². The topological polar surface area (TPSA) is 21.3 Å². The molecule has 12 heavy (non-hydrogen) atoms. The normalized spacial score (nSPS) is 31.2. The molecule has 1 aliphatic rings. The maximum absolute atomic E-state index is 5.80. The van der Waals surface area contributed by atoms with Gasteiger partial charge in [-0.25, -0.2) is 0 Å². The van der Waals surface area contributed by atoms with Crippen molar-refractivity contribution in [3.8, 4) is 0 Å². The SMILES string of the molecule is CC(C)CB1NCC(C)C(C)O1. The first-order valence-corrected chi connectivity index (χ1v) is 4.98. The van der Waals surface area contributed by atoms with Crippen LogP contribution >= 0.6 is 0 Å². The van der Waals surface area contributed by atoms with Crippen LogP contribution in [0.25, 0.3) is 0 Å². The molecule has 1 saturated heterocycles. The predicted octanol–water partition coefficient (Wildman–Crippen LogP) is 1.77. The van der Waals surface area contributed by atoms with Gasteiger partial charge in [0, 0.05) is 6.10 Å². The Hall–Kier alpha value is -0.0151. The maximum atomic E-state index is 5.80. The highest BCUT2D eigenvalue weighted by Crippen LogP contribution is 2.15. The van der Waals surface area contributed by atoms with E-state index in [-0.39, 0.29) is 7.05 Å². The fraction of sp³-hybridized carbons (Fsp3) is 1.00. The van der Waals surface area contributed by atoms with Crippen molar-refractivity contribution in [2.45, 2.75) is 40.1 Å². The van der Waals surface area contributed by atoms with E-state index in [9.17, 15) is 0 Å². The smallest absolute Gasteiger partial charge is 0.380 e. The van der Waals surface area contributed by atoms with Crippen LogP contribution in [0.3, 0.4) is 0 Å². The lowest BCUT2D eigenvalue weighted by atomic mass is 9.71. The van der Waals surface area contributed by atoms with Crippen molar-refractivity contribution >= 4 is 7.05 Å². The summed E-state index contributed by atoms with van der Waals surface area (Å²) in [6.45, 7) is 9.95. The molecule has 1 rings (SSSR count). The van der Waals surface area contributed by atoms with Gasteiger partial charge in [-0.1, -0.05) is 20.8 Å². The third kappa shape index (κ3) is 2.79. The predicted molar refractivity (Wildman–Crippen MR) is 53.1 cm³/mol. The summed E-state index contributed by atoms with van der Waals surface area (Å²) in [5, 5.41) is 3.41. The van der Waals surface area contributed by atoms with Gasteiger partial charge in [-0.2, -0.15) is 0 Å². The van der Waals surface area contributed by atoms with E-state index < -0.39 is 0 Å². The van der Waals surface area contributed by atoms with E-state index in [1.807, 2.05) is 0 Å². The molecule has 0 aliphatic carbocycles. The van der Waals surface area contributed by atoms with Gasteiger partial charge in [0.1, 0.15) is 0 Å². The molecule has 0 radical (unpaired) electrons. The molecule has 2 nitrogen and oxygen atoms in total. The van der Waals surface area contributed by atoms with Gasteiger partial charge in [-0.05, 0) is 31.6 Å². The maximum Gasteiger partial charge on any atom is 0.380 e. The second-order valence-corrected chi connectivity index (χ2v) is 4.34. The minimum absolute atomic E-state index is 0.288. The van der Waals surface area contributed by atoms with Crippen molar-refractivity contribution in [2.24, 2.45) is 11.8 Å². The standard InChI is InChI=1S/C9H20BNO/c1-7(2)5-10-11-6-8(3)9(4)12-10/h7-9,11H,5-6H2,1-4H3. The number of hydrogen-bond donors (Lipinski definition) is 1. The average molecular weight is 169 g/mol. The molecule has 1 heterocycles. The fourth-order valence-corrected chi connectivity index (χ4v) is 1.49. The molecule has 2 unspecified atom stereocenters. The fourth-order valence-electron chi connectivity index (χ4n) is 1.49. The van der Waals surface area contributed by atoms with Crippen LogP contribution in [0.4, 0.5) is 0 Å². The highest BCUT2D eigenvalue weighted by atomic mass is 16.5. The van der Waals surface area contributed by atoms with E-state index in [4.69, 9.17) is 4.65 Å². The Labute approximate surface area is 76.2 Å². The van der Waals surface area contributed by atoms with Gasteiger partial charge in [0.2, 0.25) is 0 Å². The largest absolute Gasteiger partial charge is 0.419 e. The van der Waals surface area contributed by atoms with Gasteiger partial charge in [0.25, 0.3) is 0 Å². The quantitative estimate of drug-likeness (QED) is 0.636. The number of hydrogen-bond acceptors (Lipinski definition) is 2. The first kappa shape index (κ1) is 10.1. The molecule has 0 amide bonds. The van der Waals surface area contributed by atoms with Crippen molar-refractivity contribution < 1.29 is 4.65 Å².